The molecule has 0 spiro atoms. The lowest BCUT2D eigenvalue weighted by Crippen LogP contribution is -2.45. The number of allylic oxidation sites excluding steroid dienone is 1. The van der Waals surface area contributed by atoms with Gasteiger partial charge in [-0.1, -0.05) is 16.8 Å². The van der Waals surface area contributed by atoms with Gasteiger partial charge in [0.2, 0.25) is 15.9 Å². The Hall–Kier alpha value is -2.13. The number of carbonyl (C=O) groups is 1. The second-order valence-corrected chi connectivity index (χ2v) is 10.5. The van der Waals surface area contributed by atoms with E-state index in [1.54, 1.807) is 24.1 Å². The Kier molecular flexibility index (Phi) is 7.94. The van der Waals surface area contributed by atoms with Gasteiger partial charge in [-0.3, -0.25) is 4.79 Å². The SMILES string of the molecule is Cc1noc(/C=C/N(C)C)c1S(=O)(=O)N1CCC[C@H](C(=O)NCCC2=CCCCC2)C1. The van der Waals surface area contributed by atoms with Gasteiger partial charge in [-0.25, -0.2) is 8.42 Å². The number of aryl methyl sites for hydroxylation is 1. The van der Waals surface area contributed by atoms with Gasteiger partial charge in [0.25, 0.3) is 0 Å². The summed E-state index contributed by atoms with van der Waals surface area (Å²) in [5, 5.41) is 6.87. The number of sulfonamides is 1. The average Bonchev–Trinajstić information content (AvgIpc) is 3.14. The van der Waals surface area contributed by atoms with Crippen LogP contribution in [0.3, 0.4) is 0 Å². The summed E-state index contributed by atoms with van der Waals surface area (Å²) in [5.41, 5.74) is 1.74. The maximum atomic E-state index is 13.4. The molecular weight excluding hydrogens is 416 g/mol. The van der Waals surface area contributed by atoms with Crippen molar-refractivity contribution >= 4 is 22.0 Å². The average molecular weight is 451 g/mol. The number of hydrogen-bond acceptors (Lipinski definition) is 6. The van der Waals surface area contributed by atoms with Gasteiger partial charge in [-0.2, -0.15) is 4.31 Å². The normalized spacial score (nSPS) is 20.6. The molecule has 0 unspecified atom stereocenters. The molecule has 0 radical (unpaired) electrons. The molecule has 2 aliphatic rings. The maximum Gasteiger partial charge on any atom is 0.248 e. The predicted octanol–water partition coefficient (Wildman–Crippen LogP) is 2.92. The van der Waals surface area contributed by atoms with Crippen LogP contribution in [0.2, 0.25) is 0 Å². The second kappa shape index (κ2) is 10.5. The zero-order valence-electron chi connectivity index (χ0n) is 18.8. The van der Waals surface area contributed by atoms with E-state index in [-0.39, 0.29) is 29.0 Å². The minimum atomic E-state index is -3.81. The van der Waals surface area contributed by atoms with Crippen molar-refractivity contribution in [3.05, 3.63) is 29.3 Å². The van der Waals surface area contributed by atoms with Crippen LogP contribution in [0.4, 0.5) is 0 Å². The summed E-state index contributed by atoms with van der Waals surface area (Å²) in [6, 6.07) is 0. The number of nitrogens with zero attached hydrogens (tertiary/aromatic N) is 3. The summed E-state index contributed by atoms with van der Waals surface area (Å²) in [6.07, 6.45) is 12.5. The molecule has 1 saturated heterocycles. The summed E-state index contributed by atoms with van der Waals surface area (Å²) in [5.74, 6) is -0.200. The van der Waals surface area contributed by atoms with E-state index in [4.69, 9.17) is 4.52 Å². The fraction of sp³-hybridized carbons (Fsp3) is 0.636. The first-order chi connectivity index (χ1) is 14.8. The van der Waals surface area contributed by atoms with Gasteiger partial charge in [0, 0.05) is 46.0 Å². The number of carbonyl (C=O) groups excluding carboxylic acids is 1. The van der Waals surface area contributed by atoms with Crippen LogP contribution in [-0.2, 0) is 14.8 Å². The van der Waals surface area contributed by atoms with Crippen molar-refractivity contribution in [3.63, 3.8) is 0 Å². The van der Waals surface area contributed by atoms with Crippen LogP contribution in [0.1, 0.15) is 56.4 Å². The Labute approximate surface area is 185 Å². The number of hydrogen-bond donors (Lipinski definition) is 1. The molecule has 1 atom stereocenters. The fourth-order valence-corrected chi connectivity index (χ4v) is 5.92. The first-order valence-electron chi connectivity index (χ1n) is 11.1. The van der Waals surface area contributed by atoms with Crippen molar-refractivity contribution in [2.75, 3.05) is 33.7 Å². The molecule has 1 N–H and O–H groups in total. The van der Waals surface area contributed by atoms with Crippen LogP contribution in [0, 0.1) is 12.8 Å². The molecule has 1 amide bonds. The number of piperidine rings is 1. The third-order valence-corrected chi connectivity index (χ3v) is 7.86. The topological polar surface area (TPSA) is 95.8 Å². The van der Waals surface area contributed by atoms with Gasteiger partial charge < -0.3 is 14.7 Å². The van der Waals surface area contributed by atoms with Crippen LogP contribution in [0.5, 0.6) is 0 Å². The Bertz CT molecular complexity index is 933. The largest absolute Gasteiger partial charge is 0.383 e. The van der Waals surface area contributed by atoms with Crippen LogP contribution in [-0.4, -0.2) is 62.4 Å². The highest BCUT2D eigenvalue weighted by molar-refractivity contribution is 7.89. The zero-order chi connectivity index (χ0) is 22.4. The maximum absolute atomic E-state index is 13.4. The fourth-order valence-electron chi connectivity index (χ4n) is 4.14. The molecule has 0 bridgehead atoms. The lowest BCUT2D eigenvalue weighted by atomic mass is 9.96. The van der Waals surface area contributed by atoms with E-state index in [0.29, 0.717) is 31.6 Å². The molecule has 1 aromatic heterocycles. The monoisotopic (exact) mass is 450 g/mol. The minimum absolute atomic E-state index is 0.0638. The quantitative estimate of drug-likeness (QED) is 0.612. The molecule has 0 saturated carbocycles. The number of nitrogens with one attached hydrogen (secondary N) is 1. The van der Waals surface area contributed by atoms with E-state index in [1.807, 2.05) is 14.1 Å². The Morgan fingerprint density at radius 1 is 1.35 bits per heavy atom. The highest BCUT2D eigenvalue weighted by atomic mass is 32.2. The van der Waals surface area contributed by atoms with E-state index in [1.165, 1.54) is 22.7 Å². The van der Waals surface area contributed by atoms with Crippen LogP contribution >= 0.6 is 0 Å². The standard InChI is InChI=1S/C22H34N4O4S/c1-17-21(20(30-24-17)12-15-25(2)3)31(28,29)26-14-7-10-19(16-26)22(27)23-13-11-18-8-5-4-6-9-18/h8,12,15,19H,4-7,9-11,13-14,16H2,1-3H3,(H,23,27)/b15-12+/t19-/m0/s1. The molecule has 1 aromatic rings. The first-order valence-corrected chi connectivity index (χ1v) is 12.5. The smallest absolute Gasteiger partial charge is 0.248 e. The molecule has 8 nitrogen and oxygen atoms in total. The molecular formula is C22H34N4O4S. The highest BCUT2D eigenvalue weighted by Crippen LogP contribution is 2.29. The van der Waals surface area contributed by atoms with E-state index >= 15 is 0 Å². The van der Waals surface area contributed by atoms with E-state index in [2.05, 4.69) is 16.5 Å². The summed E-state index contributed by atoms with van der Waals surface area (Å²) in [6.45, 7) is 2.80. The van der Waals surface area contributed by atoms with Crippen molar-refractivity contribution < 1.29 is 17.7 Å². The summed E-state index contributed by atoms with van der Waals surface area (Å²) in [4.78, 5) is 14.6. The number of amides is 1. The van der Waals surface area contributed by atoms with Crippen molar-refractivity contribution in [1.82, 2.24) is 19.7 Å². The molecule has 172 valence electrons. The molecule has 1 fully saturated rings. The molecule has 2 heterocycles. The zero-order valence-corrected chi connectivity index (χ0v) is 19.6. The predicted molar refractivity (Wildman–Crippen MR) is 120 cm³/mol. The molecule has 1 aliphatic heterocycles. The second-order valence-electron chi connectivity index (χ2n) is 8.59. The summed E-state index contributed by atoms with van der Waals surface area (Å²) >= 11 is 0. The van der Waals surface area contributed by atoms with Crippen LogP contribution < -0.4 is 5.32 Å². The van der Waals surface area contributed by atoms with Crippen LogP contribution in [0.25, 0.3) is 6.08 Å². The first kappa shape index (κ1) is 23.5. The van der Waals surface area contributed by atoms with Gasteiger partial charge >= 0.3 is 0 Å². The van der Waals surface area contributed by atoms with Gasteiger partial charge in [-0.15, -0.1) is 0 Å². The van der Waals surface area contributed by atoms with Crippen LogP contribution in [0.15, 0.2) is 27.3 Å². The van der Waals surface area contributed by atoms with E-state index in [0.717, 1.165) is 19.3 Å². The molecule has 3 rings (SSSR count). The minimum Gasteiger partial charge on any atom is -0.383 e. The van der Waals surface area contributed by atoms with Crippen molar-refractivity contribution in [2.24, 2.45) is 5.92 Å². The van der Waals surface area contributed by atoms with E-state index < -0.39 is 10.0 Å². The van der Waals surface area contributed by atoms with Crippen molar-refractivity contribution in [2.45, 2.75) is 56.8 Å². The van der Waals surface area contributed by atoms with Crippen molar-refractivity contribution in [1.29, 1.82) is 0 Å². The van der Waals surface area contributed by atoms with Gasteiger partial charge in [0.05, 0.1) is 5.92 Å². The molecule has 9 heteroatoms. The van der Waals surface area contributed by atoms with Gasteiger partial charge in [0.1, 0.15) is 5.69 Å². The molecule has 31 heavy (non-hydrogen) atoms. The summed E-state index contributed by atoms with van der Waals surface area (Å²) < 4.78 is 33.4. The lowest BCUT2D eigenvalue weighted by Gasteiger charge is -2.31. The Balaban J connectivity index is 1.65. The lowest BCUT2D eigenvalue weighted by molar-refractivity contribution is -0.126. The van der Waals surface area contributed by atoms with E-state index in [9.17, 15) is 13.2 Å². The summed E-state index contributed by atoms with van der Waals surface area (Å²) in [7, 11) is -0.134. The van der Waals surface area contributed by atoms with Gasteiger partial charge in [0.15, 0.2) is 10.7 Å². The number of rotatable bonds is 8. The third-order valence-electron chi connectivity index (χ3n) is 5.84. The van der Waals surface area contributed by atoms with Crippen molar-refractivity contribution in [3.8, 4) is 0 Å². The highest BCUT2D eigenvalue weighted by Gasteiger charge is 2.36. The van der Waals surface area contributed by atoms with Gasteiger partial charge in [-0.05, 0) is 51.9 Å². The third kappa shape index (κ3) is 5.98. The number of aromatic nitrogens is 1. The Morgan fingerprint density at radius 2 is 2.16 bits per heavy atom. The Morgan fingerprint density at radius 3 is 2.87 bits per heavy atom. The molecule has 1 aliphatic carbocycles. The molecule has 0 aromatic carbocycles.